The van der Waals surface area contributed by atoms with E-state index in [1.165, 1.54) is 11.3 Å². The highest BCUT2D eigenvalue weighted by molar-refractivity contribution is 7.14. The quantitative estimate of drug-likeness (QED) is 0.825. The second-order valence-corrected chi connectivity index (χ2v) is 3.83. The molecular formula is C8H13ClN2OS. The molecule has 5 heteroatoms. The molecule has 74 valence electrons. The van der Waals surface area contributed by atoms with E-state index >= 15 is 0 Å². The van der Waals surface area contributed by atoms with E-state index in [1.807, 2.05) is 5.38 Å². The van der Waals surface area contributed by atoms with Gasteiger partial charge in [-0.15, -0.1) is 11.3 Å². The zero-order valence-electron chi connectivity index (χ0n) is 7.53. The number of aliphatic hydroxyl groups excluding tert-OH is 1. The van der Waals surface area contributed by atoms with Gasteiger partial charge in [0.05, 0.1) is 0 Å². The van der Waals surface area contributed by atoms with Crippen molar-refractivity contribution in [3.05, 3.63) is 10.5 Å². The first-order valence-corrected chi connectivity index (χ1v) is 5.50. The van der Waals surface area contributed by atoms with Crippen molar-refractivity contribution in [1.29, 1.82) is 0 Å². The molecule has 0 unspecified atom stereocenters. The summed E-state index contributed by atoms with van der Waals surface area (Å²) in [6.07, 6.45) is 0.769. The maximum Gasteiger partial charge on any atom is 0.186 e. The second-order valence-electron chi connectivity index (χ2n) is 2.61. The van der Waals surface area contributed by atoms with E-state index < -0.39 is 0 Å². The molecule has 1 rings (SSSR count). The predicted molar refractivity (Wildman–Crippen MR) is 56.7 cm³/mol. The van der Waals surface area contributed by atoms with Gasteiger partial charge >= 0.3 is 0 Å². The fourth-order valence-electron chi connectivity index (χ4n) is 1.04. The van der Waals surface area contributed by atoms with Gasteiger partial charge in [-0.2, -0.15) is 0 Å². The summed E-state index contributed by atoms with van der Waals surface area (Å²) in [6, 6.07) is 0. The van der Waals surface area contributed by atoms with Crippen molar-refractivity contribution in [2.75, 3.05) is 24.6 Å². The molecule has 1 aromatic rings. The Bertz CT molecular complexity index is 254. The Labute approximate surface area is 87.0 Å². The fourth-order valence-corrected chi connectivity index (χ4v) is 2.08. The average Bonchev–Trinajstić information content (AvgIpc) is 2.54. The molecule has 0 aliphatic heterocycles. The summed E-state index contributed by atoms with van der Waals surface area (Å²) in [7, 11) is 0. The van der Waals surface area contributed by atoms with Crippen LogP contribution in [0.25, 0.3) is 0 Å². The van der Waals surface area contributed by atoms with Crippen molar-refractivity contribution in [2.45, 2.75) is 13.3 Å². The van der Waals surface area contributed by atoms with E-state index in [2.05, 4.69) is 16.8 Å². The third kappa shape index (κ3) is 3.14. The zero-order chi connectivity index (χ0) is 9.68. The van der Waals surface area contributed by atoms with Crippen LogP contribution in [-0.4, -0.2) is 29.8 Å². The number of aliphatic hydroxyl groups is 1. The second kappa shape index (κ2) is 5.42. The number of anilines is 1. The van der Waals surface area contributed by atoms with Crippen LogP contribution in [0.4, 0.5) is 5.13 Å². The number of halogens is 1. The van der Waals surface area contributed by atoms with Crippen molar-refractivity contribution >= 4 is 28.1 Å². The van der Waals surface area contributed by atoms with E-state index in [1.54, 1.807) is 0 Å². The normalized spacial score (nSPS) is 10.4. The number of aromatic nitrogens is 1. The topological polar surface area (TPSA) is 36.4 Å². The van der Waals surface area contributed by atoms with Gasteiger partial charge in [-0.25, -0.2) is 4.98 Å². The van der Waals surface area contributed by atoms with Gasteiger partial charge in [0, 0.05) is 25.1 Å². The van der Waals surface area contributed by atoms with Gasteiger partial charge in [-0.1, -0.05) is 11.6 Å². The molecule has 0 fully saturated rings. The minimum absolute atomic E-state index is 0.218. The highest BCUT2D eigenvalue weighted by Gasteiger charge is 2.07. The van der Waals surface area contributed by atoms with Crippen LogP contribution in [0.15, 0.2) is 5.38 Å². The minimum atomic E-state index is 0.218. The highest BCUT2D eigenvalue weighted by Crippen LogP contribution is 2.22. The molecule has 1 N–H and O–H groups in total. The maximum atomic E-state index is 8.69. The minimum Gasteiger partial charge on any atom is -0.396 e. The number of hydrogen-bond donors (Lipinski definition) is 1. The number of rotatable bonds is 5. The summed E-state index contributed by atoms with van der Waals surface area (Å²) < 4.78 is 0. The van der Waals surface area contributed by atoms with Crippen LogP contribution in [0.3, 0.4) is 0 Å². The Kier molecular flexibility index (Phi) is 4.48. The van der Waals surface area contributed by atoms with E-state index in [9.17, 15) is 0 Å². The molecule has 0 radical (unpaired) electrons. The summed E-state index contributed by atoms with van der Waals surface area (Å²) >= 11 is 7.25. The Morgan fingerprint density at radius 1 is 1.69 bits per heavy atom. The van der Waals surface area contributed by atoms with Crippen molar-refractivity contribution in [3.63, 3.8) is 0 Å². The van der Waals surface area contributed by atoms with Gasteiger partial charge in [0.2, 0.25) is 0 Å². The molecule has 0 aromatic carbocycles. The summed E-state index contributed by atoms with van der Waals surface area (Å²) in [4.78, 5) is 6.27. The van der Waals surface area contributed by atoms with Crippen LogP contribution in [-0.2, 0) is 0 Å². The van der Waals surface area contributed by atoms with Crippen LogP contribution >= 0.6 is 22.9 Å². The van der Waals surface area contributed by atoms with Gasteiger partial charge in [0.1, 0.15) is 5.15 Å². The number of nitrogens with zero attached hydrogens (tertiary/aromatic N) is 2. The van der Waals surface area contributed by atoms with Gasteiger partial charge in [-0.3, -0.25) is 0 Å². The van der Waals surface area contributed by atoms with Crippen LogP contribution in [0, 0.1) is 0 Å². The third-order valence-corrected chi connectivity index (χ3v) is 2.93. The summed E-state index contributed by atoms with van der Waals surface area (Å²) in [6.45, 7) is 4.00. The average molecular weight is 221 g/mol. The van der Waals surface area contributed by atoms with Crippen molar-refractivity contribution < 1.29 is 5.11 Å². The monoisotopic (exact) mass is 220 g/mol. The largest absolute Gasteiger partial charge is 0.396 e. The molecule has 1 heterocycles. The maximum absolute atomic E-state index is 8.69. The molecule has 0 aliphatic carbocycles. The molecule has 0 saturated carbocycles. The Morgan fingerprint density at radius 3 is 2.92 bits per heavy atom. The lowest BCUT2D eigenvalue weighted by atomic mass is 10.4. The molecule has 0 bridgehead atoms. The van der Waals surface area contributed by atoms with Gasteiger partial charge in [0.25, 0.3) is 0 Å². The lowest BCUT2D eigenvalue weighted by molar-refractivity contribution is 0.289. The molecule has 3 nitrogen and oxygen atoms in total. The Balaban J connectivity index is 2.56. The molecule has 1 aromatic heterocycles. The van der Waals surface area contributed by atoms with Crippen LogP contribution < -0.4 is 4.90 Å². The first-order chi connectivity index (χ1) is 6.27. The van der Waals surface area contributed by atoms with E-state index in [0.717, 1.165) is 24.6 Å². The molecule has 0 aliphatic rings. The van der Waals surface area contributed by atoms with E-state index in [4.69, 9.17) is 16.7 Å². The Hall–Kier alpha value is -0.320. The van der Waals surface area contributed by atoms with Crippen LogP contribution in [0.2, 0.25) is 5.15 Å². The molecule has 0 spiro atoms. The molecule has 13 heavy (non-hydrogen) atoms. The first-order valence-electron chi connectivity index (χ1n) is 4.24. The smallest absolute Gasteiger partial charge is 0.186 e. The molecule has 0 saturated heterocycles. The fraction of sp³-hybridized carbons (Fsp3) is 0.625. The standard InChI is InChI=1S/C8H13ClN2OS/c1-2-11(4-3-5-12)8-10-7(9)6-13-8/h6,12H,2-5H2,1H3. The number of thiazole rings is 1. The zero-order valence-corrected chi connectivity index (χ0v) is 9.11. The van der Waals surface area contributed by atoms with E-state index in [-0.39, 0.29) is 6.61 Å². The first kappa shape index (κ1) is 10.8. The summed E-state index contributed by atoms with van der Waals surface area (Å²) in [5, 5.41) is 12.0. The highest BCUT2D eigenvalue weighted by atomic mass is 35.5. The van der Waals surface area contributed by atoms with Gasteiger partial charge in [-0.05, 0) is 13.3 Å². The van der Waals surface area contributed by atoms with E-state index in [0.29, 0.717) is 5.15 Å². The van der Waals surface area contributed by atoms with Gasteiger partial charge < -0.3 is 10.0 Å². The third-order valence-electron chi connectivity index (χ3n) is 1.70. The van der Waals surface area contributed by atoms with Crippen LogP contribution in [0.1, 0.15) is 13.3 Å². The molecule has 0 atom stereocenters. The van der Waals surface area contributed by atoms with Crippen molar-refractivity contribution in [3.8, 4) is 0 Å². The van der Waals surface area contributed by atoms with Gasteiger partial charge in [0.15, 0.2) is 5.13 Å². The SMILES string of the molecule is CCN(CCCO)c1nc(Cl)cs1. The number of hydrogen-bond acceptors (Lipinski definition) is 4. The summed E-state index contributed by atoms with van der Waals surface area (Å²) in [5.74, 6) is 0. The lowest BCUT2D eigenvalue weighted by Crippen LogP contribution is -2.24. The van der Waals surface area contributed by atoms with Crippen molar-refractivity contribution in [2.24, 2.45) is 0 Å². The molecule has 0 amide bonds. The predicted octanol–water partition coefficient (Wildman–Crippen LogP) is 2.01. The summed E-state index contributed by atoms with van der Waals surface area (Å²) in [5.41, 5.74) is 0. The van der Waals surface area contributed by atoms with Crippen LogP contribution in [0.5, 0.6) is 0 Å². The lowest BCUT2D eigenvalue weighted by Gasteiger charge is -2.18. The van der Waals surface area contributed by atoms with Crippen molar-refractivity contribution in [1.82, 2.24) is 4.98 Å². The molecular weight excluding hydrogens is 208 g/mol. The Morgan fingerprint density at radius 2 is 2.46 bits per heavy atom.